The van der Waals surface area contributed by atoms with Crippen LogP contribution in [0.1, 0.15) is 236 Å². The van der Waals surface area contributed by atoms with E-state index in [0.717, 1.165) is 153 Å². The number of aliphatic hydroxyl groups is 8. The third-order valence-electron chi connectivity index (χ3n) is 32.0. The van der Waals surface area contributed by atoms with Crippen LogP contribution in [0.15, 0.2) is 83.2 Å². The first-order valence-electron chi connectivity index (χ1n) is 37.5. The van der Waals surface area contributed by atoms with E-state index < -0.39 is 47.5 Å². The zero-order valence-electron chi connectivity index (χ0n) is 57.4. The van der Waals surface area contributed by atoms with Crippen LogP contribution in [0.2, 0.25) is 0 Å². The number of hydrogen-bond acceptors (Lipinski definition) is 13. The number of hydrogen-bond donors (Lipinski definition) is 8. The predicted octanol–water partition coefficient (Wildman–Crippen LogP) is 13.2. The molecule has 0 aromatic rings. The smallest absolute Gasteiger partial charge is 0.187 e. The van der Waals surface area contributed by atoms with Gasteiger partial charge in [0.05, 0.1) is 41.2 Å². The van der Waals surface area contributed by atoms with E-state index in [2.05, 4.69) is 72.4 Å². The Kier molecular flexibility index (Phi) is 18.4. The highest BCUT2D eigenvalue weighted by Gasteiger charge is 2.71. The number of carbonyl (C=O) groups excluding carboxylic acids is 2. The van der Waals surface area contributed by atoms with E-state index in [-0.39, 0.29) is 70.3 Å². The van der Waals surface area contributed by atoms with Gasteiger partial charge in [0.1, 0.15) is 30.7 Å². The van der Waals surface area contributed by atoms with Gasteiger partial charge in [0, 0.05) is 29.1 Å². The first-order valence-corrected chi connectivity index (χ1v) is 37.5. The molecule has 0 amide bonds. The van der Waals surface area contributed by atoms with Gasteiger partial charge in [-0.3, -0.25) is 9.59 Å². The lowest BCUT2D eigenvalue weighted by Gasteiger charge is -2.63. The van der Waals surface area contributed by atoms with E-state index in [1.54, 1.807) is 19.1 Å². The molecule has 13 nitrogen and oxygen atoms in total. The zero-order valence-corrected chi connectivity index (χ0v) is 57.4. The van der Waals surface area contributed by atoms with Crippen molar-refractivity contribution in [1.29, 1.82) is 0 Å². The summed E-state index contributed by atoms with van der Waals surface area (Å²) in [5, 5.41) is 87.9. The second-order valence-electron chi connectivity index (χ2n) is 35.4. The molecular weight excluding hydrogens is 1180 g/mol. The first-order chi connectivity index (χ1) is 44.0. The van der Waals surface area contributed by atoms with Crippen molar-refractivity contribution in [3.8, 4) is 0 Å². The van der Waals surface area contributed by atoms with Gasteiger partial charge in [0.15, 0.2) is 17.9 Å². The molecule has 13 heteroatoms. The predicted molar refractivity (Wildman–Crippen MR) is 363 cm³/mol. The minimum absolute atomic E-state index is 0. The van der Waals surface area contributed by atoms with Gasteiger partial charge >= 0.3 is 0 Å². The number of ether oxygens (including phenoxy) is 3. The molecule has 94 heavy (non-hydrogen) atoms. The van der Waals surface area contributed by atoms with E-state index in [9.17, 15) is 50.4 Å². The zero-order chi connectivity index (χ0) is 65.8. The average Bonchev–Trinajstić information content (AvgIpc) is 1.42. The maximum absolute atomic E-state index is 12.4. The minimum atomic E-state index is -1.30. The lowest BCUT2D eigenvalue weighted by molar-refractivity contribution is -0.301. The Morgan fingerprint density at radius 2 is 0.989 bits per heavy atom. The van der Waals surface area contributed by atoms with E-state index in [4.69, 9.17) is 14.2 Å². The molecule has 11 saturated carbocycles. The van der Waals surface area contributed by atoms with Crippen LogP contribution >= 0.6 is 0 Å². The Morgan fingerprint density at radius 1 is 0.511 bits per heavy atom. The normalized spacial score (nSPS) is 52.8. The molecule has 16 aliphatic rings. The van der Waals surface area contributed by atoms with Crippen LogP contribution in [0.25, 0.3) is 0 Å². The monoisotopic (exact) mass is 1300 g/mol. The third kappa shape index (κ3) is 10.7. The molecule has 14 aliphatic carbocycles. The Morgan fingerprint density at radius 3 is 1.47 bits per heavy atom. The summed E-state index contributed by atoms with van der Waals surface area (Å²) in [6.45, 7) is 20.6. The molecule has 12 fully saturated rings. The average molecular weight is 1300 g/mol. The quantitative estimate of drug-likeness (QED) is 0.120. The van der Waals surface area contributed by atoms with Gasteiger partial charge in [-0.25, -0.2) is 0 Å². The van der Waals surface area contributed by atoms with Crippen molar-refractivity contribution in [3.05, 3.63) is 83.2 Å². The van der Waals surface area contributed by atoms with Gasteiger partial charge in [-0.2, -0.15) is 0 Å². The van der Waals surface area contributed by atoms with Crippen molar-refractivity contribution in [2.75, 3.05) is 6.61 Å². The summed E-state index contributed by atoms with van der Waals surface area (Å²) in [5.41, 5.74) is 3.73. The van der Waals surface area contributed by atoms with Gasteiger partial charge in [-0.1, -0.05) is 91.5 Å². The standard InChI is InChI=1S/C31H44O7.C25H36O3.C24H36O3.CH4/c1-17-25(33)26(34)27(35)28(37-17)38-21-10-13-29(2)19(16-21)6-9-24-23(29)11-14-30(3)22(12-15-31(24,30)36)18-4-7-20(32)8-5-18;1-23-12-9-19(27)15-17(23)5-8-22-21(23)10-13-24(2)20(11-14-25(22,24)28)16-3-6-18(26)7-4-16;1-15-12-16(14-27-15)19-8-11-24(26)21-5-4-17-13-18(25)6-9-22(17,2)20(21)7-10-23(19,24)3;/h4-5,7,16-17,21-28,33-36H,6,8-15H2,1-3H3;3-4,6,17,19-22,27-28H,5,7-15H2,1-2H3;12,17-21,25-26H,1,4-11,13-14H2,2-3H3;1H4/t17-,21-,22+,23-,24+,25-,26+,27+,28-,29-,30+,31-;17-,19+,20-,21+,22-,23+,24-,25+;17-,18+,19-,20+,21-,22+,23-,24+;/m011./s1. The number of carbonyl (C=O) groups is 2. The second-order valence-corrected chi connectivity index (χ2v) is 35.4. The van der Waals surface area contributed by atoms with E-state index >= 15 is 0 Å². The molecule has 28 atom stereocenters. The Bertz CT molecular complexity index is 3120. The fraction of sp³-hybridized carbons (Fsp3) is 0.802. The van der Waals surface area contributed by atoms with Crippen molar-refractivity contribution in [3.63, 3.8) is 0 Å². The molecular formula is C81H120O13. The fourth-order valence-electron chi connectivity index (χ4n) is 26.4. The van der Waals surface area contributed by atoms with Crippen LogP contribution in [0.4, 0.5) is 0 Å². The molecule has 0 unspecified atom stereocenters. The second kappa shape index (κ2) is 24.9. The van der Waals surface area contributed by atoms with Gasteiger partial charge in [0.2, 0.25) is 0 Å². The van der Waals surface area contributed by atoms with E-state index in [1.807, 2.05) is 12.2 Å². The highest BCUT2D eigenvalue weighted by Crippen LogP contribution is 2.74. The summed E-state index contributed by atoms with van der Waals surface area (Å²) in [7, 11) is 0. The van der Waals surface area contributed by atoms with E-state index in [0.29, 0.717) is 84.0 Å². The van der Waals surface area contributed by atoms with Crippen molar-refractivity contribution in [2.24, 2.45) is 97.6 Å². The maximum atomic E-state index is 12.4. The number of rotatable bonds is 5. The van der Waals surface area contributed by atoms with Gasteiger partial charge < -0.3 is 55.1 Å². The molecule has 0 aromatic carbocycles. The van der Waals surface area contributed by atoms with E-state index in [1.165, 1.54) is 41.6 Å². The summed E-state index contributed by atoms with van der Waals surface area (Å²) in [4.78, 5) is 23.4. The fourth-order valence-corrected chi connectivity index (χ4v) is 26.4. The van der Waals surface area contributed by atoms with Crippen LogP contribution < -0.4 is 0 Å². The van der Waals surface area contributed by atoms with Gasteiger partial charge in [-0.15, -0.1) is 0 Å². The Labute approximate surface area is 562 Å². The third-order valence-corrected chi connectivity index (χ3v) is 32.0. The summed E-state index contributed by atoms with van der Waals surface area (Å²) in [5.74, 6) is 6.18. The number of fused-ring (bicyclic) bond motifs is 15. The highest BCUT2D eigenvalue weighted by atomic mass is 16.7. The Hall–Kier alpha value is -3.08. The molecule has 16 rings (SSSR count). The van der Waals surface area contributed by atoms with Crippen LogP contribution in [0, 0.1) is 97.6 Å². The maximum Gasteiger partial charge on any atom is 0.187 e. The molecule has 0 radical (unpaired) electrons. The highest BCUT2D eigenvalue weighted by molar-refractivity contribution is 5.93. The topological polar surface area (TPSA) is 224 Å². The summed E-state index contributed by atoms with van der Waals surface area (Å²) >= 11 is 0. The van der Waals surface area contributed by atoms with Gasteiger partial charge in [-0.05, 0) is 290 Å². The van der Waals surface area contributed by atoms with Crippen LogP contribution in [0.5, 0.6) is 0 Å². The molecule has 0 spiro atoms. The lowest BCUT2D eigenvalue weighted by atomic mass is 9.43. The van der Waals surface area contributed by atoms with Crippen LogP contribution in [-0.4, -0.2) is 125 Å². The molecule has 0 aromatic heterocycles. The molecule has 2 heterocycles. The molecule has 522 valence electrons. The SMILES string of the molecule is C.C=C1C=C([C@H]2CC[C@]3(O)[C@@H]4CC[C@@H]5C[C@@H](O)CC[C@]5(C)[C@H]4CC[C@]23C)CO1.C[C@@H]1O[C@@H](O[C@@H]2C=C3CC[C@@H]4[C@H](CC[C@]5(C)[C@@H](C6=CCC(=O)C=C6)CC[C@]45O)[C@@]3(C)CC2)[C@H](O)[C@H](O)[C@H]1O.C[C@]12CC[C@H](O)C[C@H]1CC[C@@H]1[C@@H]2CC[C@]2(C)[C@@H](C3=CCC(=O)C=C3)CC[C@]12O. The van der Waals surface area contributed by atoms with Crippen molar-refractivity contribution >= 4 is 11.6 Å². The number of allylic oxidation sites excluding steroid dienone is 10. The van der Waals surface area contributed by atoms with Crippen LogP contribution in [-0.2, 0) is 23.8 Å². The molecule has 8 N–H and O–H groups in total. The van der Waals surface area contributed by atoms with Crippen molar-refractivity contribution in [1.82, 2.24) is 0 Å². The first kappa shape index (κ1) is 69.4. The van der Waals surface area contributed by atoms with Gasteiger partial charge in [0.25, 0.3) is 0 Å². The van der Waals surface area contributed by atoms with Crippen molar-refractivity contribution in [2.45, 2.75) is 301 Å². The number of ketones is 2. The number of aliphatic hydroxyl groups excluding tert-OH is 5. The Balaban J connectivity index is 0.000000130. The van der Waals surface area contributed by atoms with Crippen molar-refractivity contribution < 1.29 is 64.7 Å². The summed E-state index contributed by atoms with van der Waals surface area (Å²) in [6.07, 6.45) is 38.0. The molecule has 0 bridgehead atoms. The minimum Gasteiger partial charge on any atom is -0.490 e. The summed E-state index contributed by atoms with van der Waals surface area (Å²) < 4.78 is 17.5. The summed E-state index contributed by atoms with van der Waals surface area (Å²) in [6, 6.07) is 0. The largest absolute Gasteiger partial charge is 0.490 e. The van der Waals surface area contributed by atoms with Crippen LogP contribution in [0.3, 0.4) is 0 Å². The molecule has 1 saturated heterocycles. The lowest BCUT2D eigenvalue weighted by Crippen LogP contribution is -2.62. The molecule has 2 aliphatic heterocycles.